The summed E-state index contributed by atoms with van der Waals surface area (Å²) in [6, 6.07) is 1.75. The minimum Gasteiger partial charge on any atom is -0.481 e. The molecular formula is C8H9BrFNO. The molecule has 1 heterocycles. The van der Waals surface area contributed by atoms with Gasteiger partial charge in [0, 0.05) is 10.5 Å². The maximum absolute atomic E-state index is 12.3. The van der Waals surface area contributed by atoms with Crippen molar-refractivity contribution in [1.82, 2.24) is 4.98 Å². The first kappa shape index (κ1) is 9.45. The van der Waals surface area contributed by atoms with Crippen LogP contribution in [0.3, 0.4) is 0 Å². The van der Waals surface area contributed by atoms with Crippen LogP contribution in [0.2, 0.25) is 0 Å². The molecule has 1 rings (SSSR count). The highest BCUT2D eigenvalue weighted by atomic mass is 79.9. The van der Waals surface area contributed by atoms with Crippen molar-refractivity contribution in [3.8, 4) is 5.88 Å². The fourth-order valence-corrected chi connectivity index (χ4v) is 1.19. The number of aryl methyl sites for hydroxylation is 1. The topological polar surface area (TPSA) is 22.1 Å². The van der Waals surface area contributed by atoms with Crippen LogP contribution in [0.1, 0.15) is 11.3 Å². The van der Waals surface area contributed by atoms with E-state index in [4.69, 9.17) is 4.74 Å². The third kappa shape index (κ3) is 1.75. The molecule has 2 nitrogen and oxygen atoms in total. The van der Waals surface area contributed by atoms with Crippen molar-refractivity contribution < 1.29 is 9.13 Å². The van der Waals surface area contributed by atoms with Crippen LogP contribution in [0.25, 0.3) is 0 Å². The molecule has 12 heavy (non-hydrogen) atoms. The number of pyridine rings is 1. The Balaban J connectivity index is 3.19. The second-order valence-corrected chi connectivity index (χ2v) is 3.17. The molecule has 0 spiro atoms. The van der Waals surface area contributed by atoms with Crippen molar-refractivity contribution in [1.29, 1.82) is 0 Å². The predicted octanol–water partition coefficient (Wildman–Crippen LogP) is 2.63. The quantitative estimate of drug-likeness (QED) is 0.784. The molecule has 0 aromatic carbocycles. The zero-order valence-electron chi connectivity index (χ0n) is 6.90. The molecule has 0 radical (unpaired) electrons. The van der Waals surface area contributed by atoms with Gasteiger partial charge >= 0.3 is 0 Å². The Morgan fingerprint density at radius 1 is 1.67 bits per heavy atom. The molecule has 0 aliphatic heterocycles. The van der Waals surface area contributed by atoms with Gasteiger partial charge < -0.3 is 4.74 Å². The van der Waals surface area contributed by atoms with Crippen LogP contribution < -0.4 is 4.74 Å². The first-order chi connectivity index (χ1) is 5.69. The number of rotatable bonds is 2. The van der Waals surface area contributed by atoms with Crippen LogP contribution in [0.15, 0.2) is 10.5 Å². The van der Waals surface area contributed by atoms with E-state index in [0.717, 1.165) is 5.56 Å². The summed E-state index contributed by atoms with van der Waals surface area (Å²) in [4.78, 5) is 3.93. The van der Waals surface area contributed by atoms with Crippen LogP contribution in [0.4, 0.5) is 4.39 Å². The molecular weight excluding hydrogens is 225 g/mol. The second kappa shape index (κ2) is 3.85. The Morgan fingerprint density at radius 3 is 2.83 bits per heavy atom. The fourth-order valence-electron chi connectivity index (χ4n) is 0.884. The van der Waals surface area contributed by atoms with Crippen molar-refractivity contribution in [2.45, 2.75) is 13.6 Å². The van der Waals surface area contributed by atoms with Crippen LogP contribution in [-0.4, -0.2) is 12.1 Å². The number of aromatic nitrogens is 1. The molecule has 0 aliphatic rings. The molecule has 0 fully saturated rings. The first-order valence-electron chi connectivity index (χ1n) is 3.45. The van der Waals surface area contributed by atoms with Crippen LogP contribution in [-0.2, 0) is 6.67 Å². The van der Waals surface area contributed by atoms with Gasteiger partial charge in [-0.3, -0.25) is 0 Å². The van der Waals surface area contributed by atoms with E-state index >= 15 is 0 Å². The molecule has 0 N–H and O–H groups in total. The maximum atomic E-state index is 12.3. The Labute approximate surface area is 78.9 Å². The van der Waals surface area contributed by atoms with Crippen molar-refractivity contribution in [2.24, 2.45) is 0 Å². The summed E-state index contributed by atoms with van der Waals surface area (Å²) in [5.41, 5.74) is 1.31. The Morgan fingerprint density at radius 2 is 2.33 bits per heavy atom. The normalized spacial score (nSPS) is 10.0. The van der Waals surface area contributed by atoms with E-state index in [1.807, 2.05) is 6.92 Å². The van der Waals surface area contributed by atoms with Gasteiger partial charge in [-0.15, -0.1) is 0 Å². The lowest BCUT2D eigenvalue weighted by molar-refractivity contribution is 0.389. The molecule has 0 bridgehead atoms. The van der Waals surface area contributed by atoms with Gasteiger partial charge in [0.25, 0.3) is 0 Å². The number of nitrogens with zero attached hydrogens (tertiary/aromatic N) is 1. The monoisotopic (exact) mass is 233 g/mol. The van der Waals surface area contributed by atoms with Gasteiger partial charge in [-0.2, -0.15) is 0 Å². The van der Waals surface area contributed by atoms with Crippen LogP contribution in [0, 0.1) is 6.92 Å². The first-order valence-corrected chi connectivity index (χ1v) is 4.24. The number of hydrogen-bond acceptors (Lipinski definition) is 2. The highest BCUT2D eigenvalue weighted by molar-refractivity contribution is 9.10. The minimum absolute atomic E-state index is 0.381. The van der Waals surface area contributed by atoms with E-state index in [0.29, 0.717) is 16.0 Å². The van der Waals surface area contributed by atoms with E-state index in [2.05, 4.69) is 20.9 Å². The maximum Gasteiger partial charge on any atom is 0.213 e. The Hall–Kier alpha value is -0.640. The largest absolute Gasteiger partial charge is 0.481 e. The highest BCUT2D eigenvalue weighted by Gasteiger charge is 2.06. The molecule has 4 heteroatoms. The minimum atomic E-state index is -0.585. The smallest absolute Gasteiger partial charge is 0.213 e. The van der Waals surface area contributed by atoms with Crippen molar-refractivity contribution >= 4 is 15.9 Å². The molecule has 0 saturated carbocycles. The number of methoxy groups -OCH3 is 1. The van der Waals surface area contributed by atoms with E-state index in [9.17, 15) is 4.39 Å². The summed E-state index contributed by atoms with van der Waals surface area (Å²) in [6.45, 7) is 1.28. The SMILES string of the molecule is COc1cc(C)c(Br)c(CF)n1. The van der Waals surface area contributed by atoms with Gasteiger partial charge in [0.1, 0.15) is 6.67 Å². The van der Waals surface area contributed by atoms with Crippen LogP contribution >= 0.6 is 15.9 Å². The molecule has 1 aromatic rings. The lowest BCUT2D eigenvalue weighted by Gasteiger charge is -2.05. The number of ether oxygens (including phenoxy) is 1. The van der Waals surface area contributed by atoms with E-state index < -0.39 is 6.67 Å². The van der Waals surface area contributed by atoms with Gasteiger partial charge in [0.2, 0.25) is 5.88 Å². The fraction of sp³-hybridized carbons (Fsp3) is 0.375. The van der Waals surface area contributed by atoms with Crippen LogP contribution in [0.5, 0.6) is 5.88 Å². The molecule has 0 amide bonds. The highest BCUT2D eigenvalue weighted by Crippen LogP contribution is 2.24. The van der Waals surface area contributed by atoms with Gasteiger partial charge in [-0.25, -0.2) is 9.37 Å². The molecule has 0 atom stereocenters. The van der Waals surface area contributed by atoms with Gasteiger partial charge in [0.15, 0.2) is 0 Å². The number of hydrogen-bond donors (Lipinski definition) is 0. The molecule has 0 aliphatic carbocycles. The number of halogens is 2. The summed E-state index contributed by atoms with van der Waals surface area (Å²) in [6.07, 6.45) is 0. The molecule has 0 unspecified atom stereocenters. The van der Waals surface area contributed by atoms with Crippen molar-refractivity contribution in [3.05, 3.63) is 21.8 Å². The van der Waals surface area contributed by atoms with Gasteiger partial charge in [0.05, 0.1) is 12.8 Å². The van der Waals surface area contributed by atoms with Gasteiger partial charge in [-0.05, 0) is 28.4 Å². The Bertz CT molecular complexity index is 291. The average molecular weight is 234 g/mol. The predicted molar refractivity (Wildman–Crippen MR) is 48.0 cm³/mol. The molecule has 1 aromatic heterocycles. The van der Waals surface area contributed by atoms with Crippen molar-refractivity contribution in [3.63, 3.8) is 0 Å². The summed E-state index contributed by atoms with van der Waals surface area (Å²) >= 11 is 3.25. The van der Waals surface area contributed by atoms with Crippen molar-refractivity contribution in [2.75, 3.05) is 7.11 Å². The van der Waals surface area contributed by atoms with E-state index in [1.165, 1.54) is 7.11 Å². The average Bonchev–Trinajstić information content (AvgIpc) is 2.09. The lowest BCUT2D eigenvalue weighted by Crippen LogP contribution is -1.95. The number of alkyl halides is 1. The zero-order valence-corrected chi connectivity index (χ0v) is 8.48. The van der Waals surface area contributed by atoms with E-state index in [-0.39, 0.29) is 0 Å². The summed E-state index contributed by atoms with van der Waals surface area (Å²) in [7, 11) is 1.51. The lowest BCUT2D eigenvalue weighted by atomic mass is 10.2. The molecule has 66 valence electrons. The van der Waals surface area contributed by atoms with E-state index in [1.54, 1.807) is 6.07 Å². The third-order valence-electron chi connectivity index (χ3n) is 1.52. The van der Waals surface area contributed by atoms with Gasteiger partial charge in [-0.1, -0.05) is 0 Å². The molecule has 0 saturated heterocycles. The standard InChI is InChI=1S/C8H9BrFNO/c1-5-3-7(12-2)11-6(4-10)8(5)9/h3H,4H2,1-2H3. The zero-order chi connectivity index (χ0) is 9.14. The Kier molecular flexibility index (Phi) is 3.03. The summed E-state index contributed by atoms with van der Waals surface area (Å²) < 4.78 is 17.9. The summed E-state index contributed by atoms with van der Waals surface area (Å²) in [5, 5.41) is 0. The second-order valence-electron chi connectivity index (χ2n) is 2.38. The third-order valence-corrected chi connectivity index (χ3v) is 2.60. The summed E-state index contributed by atoms with van der Waals surface area (Å²) in [5.74, 6) is 0.448.